The summed E-state index contributed by atoms with van der Waals surface area (Å²) in [6.45, 7) is 3.22. The van der Waals surface area contributed by atoms with Gasteiger partial charge in [-0.15, -0.1) is 0 Å². The molecular weight excluding hydrogens is 294 g/mol. The molecule has 1 fully saturated rings. The molecule has 1 aliphatic heterocycles. The van der Waals surface area contributed by atoms with Crippen molar-refractivity contribution in [3.8, 4) is 5.75 Å². The molecular formula is C17H19N3O3. The van der Waals surface area contributed by atoms with Crippen molar-refractivity contribution in [1.82, 2.24) is 14.9 Å². The van der Waals surface area contributed by atoms with Crippen LogP contribution in [0.5, 0.6) is 5.75 Å². The fraction of sp³-hybridized carbons (Fsp3) is 0.353. The lowest BCUT2D eigenvalue weighted by molar-refractivity contribution is 0.0594. The summed E-state index contributed by atoms with van der Waals surface area (Å²) in [4.78, 5) is 32.0. The molecule has 1 aliphatic rings. The van der Waals surface area contributed by atoms with Gasteiger partial charge >= 0.3 is 0 Å². The predicted octanol–water partition coefficient (Wildman–Crippen LogP) is 1.76. The minimum Gasteiger partial charge on any atom is -0.489 e. The molecule has 0 bridgehead atoms. The predicted molar refractivity (Wildman–Crippen MR) is 85.6 cm³/mol. The molecule has 0 saturated carbocycles. The van der Waals surface area contributed by atoms with Crippen LogP contribution in [0.2, 0.25) is 0 Å². The van der Waals surface area contributed by atoms with Crippen LogP contribution in [0.15, 0.2) is 41.5 Å². The number of aromatic amines is 1. The number of ether oxygens (including phenoxy) is 1. The van der Waals surface area contributed by atoms with Gasteiger partial charge in [0.05, 0.1) is 11.8 Å². The van der Waals surface area contributed by atoms with Crippen molar-refractivity contribution >= 4 is 5.91 Å². The molecule has 0 unspecified atom stereocenters. The summed E-state index contributed by atoms with van der Waals surface area (Å²) >= 11 is 0. The quantitative estimate of drug-likeness (QED) is 0.937. The summed E-state index contributed by atoms with van der Waals surface area (Å²) in [5, 5.41) is 0. The zero-order valence-electron chi connectivity index (χ0n) is 13.0. The van der Waals surface area contributed by atoms with Crippen LogP contribution in [0.4, 0.5) is 0 Å². The van der Waals surface area contributed by atoms with Gasteiger partial charge in [0.1, 0.15) is 11.9 Å². The molecule has 1 N–H and O–H groups in total. The van der Waals surface area contributed by atoms with Crippen LogP contribution in [-0.2, 0) is 0 Å². The fourth-order valence-electron chi connectivity index (χ4n) is 2.62. The smallest absolute Gasteiger partial charge is 0.255 e. The van der Waals surface area contributed by atoms with E-state index in [9.17, 15) is 9.59 Å². The molecule has 2 aromatic heterocycles. The average molecular weight is 313 g/mol. The van der Waals surface area contributed by atoms with Crippen LogP contribution in [0.1, 0.15) is 28.9 Å². The fourth-order valence-corrected chi connectivity index (χ4v) is 2.62. The summed E-state index contributed by atoms with van der Waals surface area (Å²) in [7, 11) is 0. The summed E-state index contributed by atoms with van der Waals surface area (Å²) < 4.78 is 5.91. The lowest BCUT2D eigenvalue weighted by Crippen LogP contribution is -2.41. The van der Waals surface area contributed by atoms with Crippen molar-refractivity contribution in [2.45, 2.75) is 25.9 Å². The van der Waals surface area contributed by atoms with Crippen molar-refractivity contribution in [2.24, 2.45) is 0 Å². The maximum absolute atomic E-state index is 12.4. The van der Waals surface area contributed by atoms with Gasteiger partial charge < -0.3 is 14.6 Å². The average Bonchev–Trinajstić information content (AvgIpc) is 2.58. The molecule has 1 saturated heterocycles. The highest BCUT2D eigenvalue weighted by molar-refractivity contribution is 5.93. The van der Waals surface area contributed by atoms with Crippen molar-refractivity contribution in [1.29, 1.82) is 0 Å². The van der Waals surface area contributed by atoms with Gasteiger partial charge in [-0.3, -0.25) is 14.6 Å². The minimum absolute atomic E-state index is 0.0586. The van der Waals surface area contributed by atoms with E-state index in [2.05, 4.69) is 9.97 Å². The number of likely N-dealkylation sites (tertiary alicyclic amines) is 1. The number of rotatable bonds is 3. The van der Waals surface area contributed by atoms with Gasteiger partial charge in [0.25, 0.3) is 5.91 Å². The Labute approximate surface area is 134 Å². The maximum atomic E-state index is 12.4. The summed E-state index contributed by atoms with van der Waals surface area (Å²) in [5.41, 5.74) is 1.26. The van der Waals surface area contributed by atoms with Gasteiger partial charge in [-0.05, 0) is 25.1 Å². The lowest BCUT2D eigenvalue weighted by Gasteiger charge is -2.32. The maximum Gasteiger partial charge on any atom is 0.255 e. The Balaban J connectivity index is 1.55. The number of amides is 1. The number of piperidine rings is 1. The highest BCUT2D eigenvalue weighted by Gasteiger charge is 2.24. The van der Waals surface area contributed by atoms with Gasteiger partial charge in [-0.1, -0.05) is 0 Å². The highest BCUT2D eigenvalue weighted by atomic mass is 16.5. The lowest BCUT2D eigenvalue weighted by atomic mass is 10.1. The number of nitrogens with zero attached hydrogens (tertiary/aromatic N) is 2. The Morgan fingerprint density at radius 1 is 1.26 bits per heavy atom. The number of pyridine rings is 2. The number of hydrogen-bond acceptors (Lipinski definition) is 4. The Kier molecular flexibility index (Phi) is 4.41. The molecule has 3 heterocycles. The van der Waals surface area contributed by atoms with E-state index in [-0.39, 0.29) is 17.6 Å². The number of aromatic nitrogens is 2. The standard InChI is InChI=1S/C17H19N3O3/c1-12-2-4-15(11-18-12)23-14-6-8-20(9-7-14)17(22)13-3-5-16(21)19-10-13/h2-5,10-11,14H,6-9H2,1H3,(H,19,21). The Hall–Kier alpha value is -2.63. The molecule has 6 nitrogen and oxygen atoms in total. The number of hydrogen-bond donors (Lipinski definition) is 1. The van der Waals surface area contributed by atoms with Gasteiger partial charge in [-0.25, -0.2) is 0 Å². The van der Waals surface area contributed by atoms with E-state index in [0.717, 1.165) is 24.3 Å². The number of aryl methyl sites for hydroxylation is 1. The van der Waals surface area contributed by atoms with Crippen molar-refractivity contribution < 1.29 is 9.53 Å². The summed E-state index contributed by atoms with van der Waals surface area (Å²) in [6, 6.07) is 6.76. The molecule has 120 valence electrons. The first-order valence-electron chi connectivity index (χ1n) is 7.69. The van der Waals surface area contributed by atoms with Crippen molar-refractivity contribution in [3.63, 3.8) is 0 Å². The molecule has 3 rings (SSSR count). The number of carbonyl (C=O) groups excluding carboxylic acids is 1. The van der Waals surface area contributed by atoms with Gasteiger partial charge in [0, 0.05) is 43.9 Å². The van der Waals surface area contributed by atoms with Crippen LogP contribution in [0, 0.1) is 6.92 Å². The second kappa shape index (κ2) is 6.64. The SMILES string of the molecule is Cc1ccc(OC2CCN(C(=O)c3ccc(=O)[nH]c3)CC2)cn1. The van der Waals surface area contributed by atoms with E-state index in [1.807, 2.05) is 19.1 Å². The van der Waals surface area contributed by atoms with Crippen molar-refractivity contribution in [2.75, 3.05) is 13.1 Å². The van der Waals surface area contributed by atoms with Crippen LogP contribution < -0.4 is 10.3 Å². The van der Waals surface area contributed by atoms with E-state index in [1.165, 1.54) is 12.3 Å². The topological polar surface area (TPSA) is 75.3 Å². The number of nitrogens with one attached hydrogen (secondary N) is 1. The first-order valence-corrected chi connectivity index (χ1v) is 7.69. The molecule has 23 heavy (non-hydrogen) atoms. The minimum atomic E-state index is -0.208. The molecule has 1 amide bonds. The molecule has 0 aromatic carbocycles. The van der Waals surface area contributed by atoms with Gasteiger partial charge in [0.15, 0.2) is 0 Å². The third-order valence-corrected chi connectivity index (χ3v) is 3.95. The highest BCUT2D eigenvalue weighted by Crippen LogP contribution is 2.19. The Bertz CT molecular complexity index is 711. The molecule has 0 aliphatic carbocycles. The zero-order valence-corrected chi connectivity index (χ0v) is 13.0. The molecule has 6 heteroatoms. The van der Waals surface area contributed by atoms with Crippen LogP contribution in [0.25, 0.3) is 0 Å². The molecule has 0 atom stereocenters. The monoisotopic (exact) mass is 313 g/mol. The Morgan fingerprint density at radius 3 is 2.65 bits per heavy atom. The van der Waals surface area contributed by atoms with Gasteiger partial charge in [-0.2, -0.15) is 0 Å². The normalized spacial score (nSPS) is 15.4. The first-order chi connectivity index (χ1) is 11.1. The summed E-state index contributed by atoms with van der Waals surface area (Å²) in [6.07, 6.45) is 4.85. The zero-order chi connectivity index (χ0) is 16.2. The van der Waals surface area contributed by atoms with Crippen LogP contribution in [-0.4, -0.2) is 40.0 Å². The van der Waals surface area contributed by atoms with E-state index < -0.39 is 0 Å². The van der Waals surface area contributed by atoms with E-state index >= 15 is 0 Å². The number of carbonyl (C=O) groups is 1. The number of H-pyrrole nitrogens is 1. The van der Waals surface area contributed by atoms with Gasteiger partial charge in [0.2, 0.25) is 5.56 Å². The van der Waals surface area contributed by atoms with E-state index in [0.29, 0.717) is 18.7 Å². The Morgan fingerprint density at radius 2 is 2.04 bits per heavy atom. The van der Waals surface area contributed by atoms with Crippen LogP contribution >= 0.6 is 0 Å². The van der Waals surface area contributed by atoms with Crippen LogP contribution in [0.3, 0.4) is 0 Å². The van der Waals surface area contributed by atoms with E-state index in [4.69, 9.17) is 4.74 Å². The molecule has 0 spiro atoms. The molecule has 2 aromatic rings. The van der Waals surface area contributed by atoms with Crippen molar-refractivity contribution in [3.05, 3.63) is 58.3 Å². The molecule has 0 radical (unpaired) electrons. The first kappa shape index (κ1) is 15.3. The third kappa shape index (κ3) is 3.77. The second-order valence-corrected chi connectivity index (χ2v) is 5.69. The second-order valence-electron chi connectivity index (χ2n) is 5.69. The third-order valence-electron chi connectivity index (χ3n) is 3.95. The largest absolute Gasteiger partial charge is 0.489 e. The summed E-state index contributed by atoms with van der Waals surface area (Å²) in [5.74, 6) is 0.706. The van der Waals surface area contributed by atoms with E-state index in [1.54, 1.807) is 17.2 Å².